The Kier molecular flexibility index (Phi) is 7.12. The van der Waals surface area contributed by atoms with E-state index in [9.17, 15) is 4.79 Å². The molecule has 0 saturated carbocycles. The molecule has 8 nitrogen and oxygen atoms in total. The fourth-order valence-corrected chi connectivity index (χ4v) is 3.44. The largest absolute Gasteiger partial charge is 0.443 e. The molecule has 3 N–H and O–H groups in total. The predicted octanol–water partition coefficient (Wildman–Crippen LogP) is 6.45. The second kappa shape index (κ2) is 10.4. The van der Waals surface area contributed by atoms with E-state index >= 15 is 0 Å². The van der Waals surface area contributed by atoms with Crippen molar-refractivity contribution in [1.82, 2.24) is 20.4 Å². The van der Waals surface area contributed by atoms with Gasteiger partial charge in [-0.1, -0.05) is 60.1 Å². The van der Waals surface area contributed by atoms with Crippen LogP contribution in [0.5, 0.6) is 0 Å². The van der Waals surface area contributed by atoms with Crippen molar-refractivity contribution < 1.29 is 9.53 Å². The zero-order valence-electron chi connectivity index (χ0n) is 19.5. The van der Waals surface area contributed by atoms with Crippen molar-refractivity contribution >= 4 is 35.0 Å². The fourth-order valence-electron chi connectivity index (χ4n) is 3.24. The van der Waals surface area contributed by atoms with Gasteiger partial charge in [-0.2, -0.15) is 0 Å². The molecule has 1 amide bonds. The van der Waals surface area contributed by atoms with Crippen molar-refractivity contribution in [2.45, 2.75) is 26.4 Å². The Morgan fingerprint density at radius 3 is 2.37 bits per heavy atom. The number of amides is 1. The smallest absolute Gasteiger partial charge is 0.426 e. The maximum Gasteiger partial charge on any atom is 0.426 e. The van der Waals surface area contributed by atoms with Crippen LogP contribution < -0.4 is 16.2 Å². The summed E-state index contributed by atoms with van der Waals surface area (Å²) >= 11 is 6.45. The number of halogens is 1. The van der Waals surface area contributed by atoms with Crippen LogP contribution in [0.2, 0.25) is 5.02 Å². The van der Waals surface area contributed by atoms with E-state index in [1.165, 1.54) is 0 Å². The molecule has 178 valence electrons. The van der Waals surface area contributed by atoms with Gasteiger partial charge in [-0.25, -0.2) is 20.2 Å². The summed E-state index contributed by atoms with van der Waals surface area (Å²) in [5.74, 6) is 0.355. The van der Waals surface area contributed by atoms with Crippen LogP contribution in [0.25, 0.3) is 22.4 Å². The van der Waals surface area contributed by atoms with Gasteiger partial charge in [-0.3, -0.25) is 10.4 Å². The molecule has 4 aromatic rings. The molecule has 35 heavy (non-hydrogen) atoms. The first kappa shape index (κ1) is 24.0. The molecule has 0 aliphatic heterocycles. The number of anilines is 3. The standard InChI is InChI=1S/C26H25ClN6O2/c1-26(2,3)35-25(34)33-32-21-13-20(14-28-15-21)30-24-29-16-22(27)23(31-24)19-11-7-10-18(12-19)17-8-5-4-6-9-17/h4-16,32H,1-3H3,(H,33,34)(H,29,30,31). The van der Waals surface area contributed by atoms with E-state index in [4.69, 9.17) is 16.3 Å². The molecule has 9 heteroatoms. The summed E-state index contributed by atoms with van der Waals surface area (Å²) < 4.78 is 5.21. The molecule has 0 bridgehead atoms. The highest BCUT2D eigenvalue weighted by molar-refractivity contribution is 6.32. The van der Waals surface area contributed by atoms with E-state index in [1.807, 2.05) is 42.5 Å². The fraction of sp³-hybridized carbons (Fsp3) is 0.154. The number of hydrogen-bond donors (Lipinski definition) is 3. The van der Waals surface area contributed by atoms with Gasteiger partial charge in [0.15, 0.2) is 0 Å². The lowest BCUT2D eigenvalue weighted by atomic mass is 10.0. The van der Waals surface area contributed by atoms with Gasteiger partial charge in [0, 0.05) is 5.56 Å². The highest BCUT2D eigenvalue weighted by Crippen LogP contribution is 2.30. The van der Waals surface area contributed by atoms with E-state index in [0.717, 1.165) is 16.7 Å². The lowest BCUT2D eigenvalue weighted by Gasteiger charge is -2.20. The highest BCUT2D eigenvalue weighted by atomic mass is 35.5. The number of hydrogen-bond acceptors (Lipinski definition) is 7. The SMILES string of the molecule is CC(C)(C)OC(=O)NNc1cncc(Nc2ncc(Cl)c(-c3cccc(-c4ccccc4)c3)n2)c1. The van der Waals surface area contributed by atoms with Gasteiger partial charge in [-0.05, 0) is 44.0 Å². The molecular weight excluding hydrogens is 464 g/mol. The molecule has 0 aliphatic carbocycles. The number of rotatable bonds is 6. The summed E-state index contributed by atoms with van der Waals surface area (Å²) in [7, 11) is 0. The maximum absolute atomic E-state index is 11.9. The molecular formula is C26H25ClN6O2. The molecule has 0 atom stereocenters. The molecule has 0 fully saturated rings. The lowest BCUT2D eigenvalue weighted by molar-refractivity contribution is 0.0541. The number of ether oxygens (including phenoxy) is 1. The number of benzene rings is 2. The van der Waals surface area contributed by atoms with Gasteiger partial charge in [0.25, 0.3) is 0 Å². The van der Waals surface area contributed by atoms with Crippen LogP contribution in [0.15, 0.2) is 79.3 Å². The van der Waals surface area contributed by atoms with E-state index in [2.05, 4.69) is 43.3 Å². The molecule has 4 rings (SSSR count). The Bertz CT molecular complexity index is 1320. The Morgan fingerprint density at radius 2 is 1.60 bits per heavy atom. The summed E-state index contributed by atoms with van der Waals surface area (Å²) in [6.45, 7) is 5.37. The molecule has 0 saturated heterocycles. The van der Waals surface area contributed by atoms with Gasteiger partial charge in [-0.15, -0.1) is 0 Å². The Balaban J connectivity index is 1.50. The van der Waals surface area contributed by atoms with Crippen LogP contribution in [-0.4, -0.2) is 26.6 Å². The molecule has 0 spiro atoms. The van der Waals surface area contributed by atoms with Crippen molar-refractivity contribution in [2.75, 3.05) is 10.7 Å². The van der Waals surface area contributed by atoms with Gasteiger partial charge in [0.2, 0.25) is 5.95 Å². The number of pyridine rings is 1. The molecule has 2 aromatic heterocycles. The topological polar surface area (TPSA) is 101 Å². The first-order valence-corrected chi connectivity index (χ1v) is 11.3. The number of nitrogens with zero attached hydrogens (tertiary/aromatic N) is 3. The van der Waals surface area contributed by atoms with Gasteiger partial charge < -0.3 is 10.1 Å². The molecule has 2 heterocycles. The average molecular weight is 489 g/mol. The van der Waals surface area contributed by atoms with Gasteiger partial charge in [0.1, 0.15) is 5.60 Å². The summed E-state index contributed by atoms with van der Waals surface area (Å²) in [4.78, 5) is 25.0. The van der Waals surface area contributed by atoms with Crippen molar-refractivity contribution in [3.63, 3.8) is 0 Å². The number of hydrazine groups is 1. The van der Waals surface area contributed by atoms with Gasteiger partial charge in [0.05, 0.1) is 40.7 Å². The molecule has 0 radical (unpaired) electrons. The third-order valence-electron chi connectivity index (χ3n) is 4.69. The number of nitrogens with one attached hydrogen (secondary N) is 3. The Morgan fingerprint density at radius 1 is 0.886 bits per heavy atom. The van der Waals surface area contributed by atoms with Gasteiger partial charge >= 0.3 is 6.09 Å². The maximum atomic E-state index is 11.9. The van der Waals surface area contributed by atoms with Crippen molar-refractivity contribution in [3.05, 3.63) is 84.3 Å². The van der Waals surface area contributed by atoms with Crippen molar-refractivity contribution in [1.29, 1.82) is 0 Å². The first-order valence-electron chi connectivity index (χ1n) is 10.9. The normalized spacial score (nSPS) is 11.0. The van der Waals surface area contributed by atoms with Crippen LogP contribution in [0.1, 0.15) is 20.8 Å². The highest BCUT2D eigenvalue weighted by Gasteiger charge is 2.16. The minimum Gasteiger partial charge on any atom is -0.443 e. The second-order valence-electron chi connectivity index (χ2n) is 8.68. The first-order chi connectivity index (χ1) is 16.8. The zero-order valence-corrected chi connectivity index (χ0v) is 20.3. The number of aromatic nitrogens is 3. The lowest BCUT2D eigenvalue weighted by Crippen LogP contribution is -2.35. The zero-order chi connectivity index (χ0) is 24.8. The second-order valence-corrected chi connectivity index (χ2v) is 9.08. The quantitative estimate of drug-likeness (QED) is 0.268. The average Bonchev–Trinajstić information content (AvgIpc) is 2.84. The van der Waals surface area contributed by atoms with Crippen LogP contribution >= 0.6 is 11.6 Å². The van der Waals surface area contributed by atoms with Crippen molar-refractivity contribution in [3.8, 4) is 22.4 Å². The van der Waals surface area contributed by atoms with Crippen LogP contribution in [-0.2, 0) is 4.74 Å². The monoisotopic (exact) mass is 488 g/mol. The minimum absolute atomic E-state index is 0.355. The summed E-state index contributed by atoms with van der Waals surface area (Å²) in [5, 5.41) is 3.57. The number of carbonyl (C=O) groups excluding carboxylic acids is 1. The Labute approximate surface area is 208 Å². The van der Waals surface area contributed by atoms with Crippen LogP contribution in [0.4, 0.5) is 22.1 Å². The Hall–Kier alpha value is -4.17. The summed E-state index contributed by atoms with van der Waals surface area (Å²) in [5.41, 5.74) is 9.46. The van der Waals surface area contributed by atoms with E-state index < -0.39 is 11.7 Å². The summed E-state index contributed by atoms with van der Waals surface area (Å²) in [6.07, 6.45) is 4.14. The molecule has 0 unspecified atom stereocenters. The van der Waals surface area contributed by atoms with E-state index in [-0.39, 0.29) is 0 Å². The number of carbonyl (C=O) groups is 1. The van der Waals surface area contributed by atoms with E-state index in [1.54, 1.807) is 45.4 Å². The van der Waals surface area contributed by atoms with E-state index in [0.29, 0.717) is 28.0 Å². The predicted molar refractivity (Wildman–Crippen MR) is 138 cm³/mol. The van der Waals surface area contributed by atoms with Crippen molar-refractivity contribution in [2.24, 2.45) is 0 Å². The van der Waals surface area contributed by atoms with Crippen LogP contribution in [0, 0.1) is 0 Å². The third-order valence-corrected chi connectivity index (χ3v) is 4.97. The summed E-state index contributed by atoms with van der Waals surface area (Å²) in [6, 6.07) is 19.9. The molecule has 2 aromatic carbocycles. The molecule has 0 aliphatic rings. The minimum atomic E-state index is -0.600. The third kappa shape index (κ3) is 6.68. The van der Waals surface area contributed by atoms with Crippen LogP contribution in [0.3, 0.4) is 0 Å².